The zero-order valence-corrected chi connectivity index (χ0v) is 14.9. The summed E-state index contributed by atoms with van der Waals surface area (Å²) in [7, 11) is 1.69. The molecule has 0 N–H and O–H groups in total. The van der Waals surface area contributed by atoms with Crippen LogP contribution in [0.4, 0.5) is 5.13 Å². The van der Waals surface area contributed by atoms with Gasteiger partial charge in [0.05, 0.1) is 17.7 Å². The predicted molar refractivity (Wildman–Crippen MR) is 94.1 cm³/mol. The molecule has 0 amide bonds. The Kier molecular flexibility index (Phi) is 3.88. The van der Waals surface area contributed by atoms with E-state index in [4.69, 9.17) is 14.1 Å². The summed E-state index contributed by atoms with van der Waals surface area (Å²) in [4.78, 5) is 7.18. The summed E-state index contributed by atoms with van der Waals surface area (Å²) in [5.41, 5.74) is 2.18. The summed E-state index contributed by atoms with van der Waals surface area (Å²) >= 11 is 1.73. The number of aromatic nitrogens is 3. The first-order valence-corrected chi connectivity index (χ1v) is 8.96. The monoisotopic (exact) mass is 344 g/mol. The molecule has 1 fully saturated rings. The molecule has 1 atom stereocenters. The van der Waals surface area contributed by atoms with Crippen molar-refractivity contribution in [2.75, 3.05) is 25.1 Å². The molecule has 3 aromatic rings. The summed E-state index contributed by atoms with van der Waals surface area (Å²) in [6, 6.07) is 4.07. The first kappa shape index (κ1) is 15.4. The van der Waals surface area contributed by atoms with Crippen LogP contribution in [-0.2, 0) is 0 Å². The molecule has 1 aliphatic heterocycles. The van der Waals surface area contributed by atoms with Gasteiger partial charge in [0.2, 0.25) is 11.8 Å². The second-order valence-electron chi connectivity index (χ2n) is 6.20. The van der Waals surface area contributed by atoms with Gasteiger partial charge in [0.25, 0.3) is 0 Å². The van der Waals surface area contributed by atoms with Gasteiger partial charge in [0.1, 0.15) is 11.3 Å². The smallest absolute Gasteiger partial charge is 0.221 e. The van der Waals surface area contributed by atoms with E-state index in [2.05, 4.69) is 28.1 Å². The number of rotatable bonds is 3. The Hall–Kier alpha value is -2.15. The quantitative estimate of drug-likeness (QED) is 0.722. The van der Waals surface area contributed by atoms with Crippen LogP contribution in [-0.4, -0.2) is 35.4 Å². The average Bonchev–Trinajstić information content (AvgIpc) is 3.23. The molecular weight excluding hydrogens is 324 g/mol. The van der Waals surface area contributed by atoms with Crippen molar-refractivity contribution in [3.8, 4) is 5.75 Å². The van der Waals surface area contributed by atoms with Gasteiger partial charge < -0.3 is 14.1 Å². The molecule has 2 aromatic heterocycles. The Labute approximate surface area is 144 Å². The van der Waals surface area contributed by atoms with Crippen LogP contribution < -0.4 is 9.64 Å². The van der Waals surface area contributed by atoms with Crippen molar-refractivity contribution in [2.45, 2.75) is 32.6 Å². The Balaban J connectivity index is 1.65. The van der Waals surface area contributed by atoms with Crippen molar-refractivity contribution in [3.63, 3.8) is 0 Å². The third-order valence-corrected chi connectivity index (χ3v) is 5.75. The molecule has 4 rings (SSSR count). The number of aryl methyl sites for hydroxylation is 2. The van der Waals surface area contributed by atoms with Crippen LogP contribution in [0.15, 0.2) is 16.5 Å². The molecule has 1 saturated heterocycles. The van der Waals surface area contributed by atoms with E-state index >= 15 is 0 Å². The summed E-state index contributed by atoms with van der Waals surface area (Å²) < 4.78 is 12.3. The summed E-state index contributed by atoms with van der Waals surface area (Å²) in [6.45, 7) is 5.82. The summed E-state index contributed by atoms with van der Waals surface area (Å²) in [5, 5.41) is 9.21. The Morgan fingerprint density at radius 3 is 2.92 bits per heavy atom. The van der Waals surface area contributed by atoms with Crippen molar-refractivity contribution in [1.82, 2.24) is 15.2 Å². The molecule has 24 heavy (non-hydrogen) atoms. The number of benzene rings is 1. The molecule has 0 aliphatic carbocycles. The third-order valence-electron chi connectivity index (χ3n) is 4.49. The van der Waals surface area contributed by atoms with E-state index in [1.807, 2.05) is 13.0 Å². The van der Waals surface area contributed by atoms with Crippen molar-refractivity contribution in [2.24, 2.45) is 0 Å². The number of ether oxygens (including phenoxy) is 1. The lowest BCUT2D eigenvalue weighted by Gasteiger charge is -2.30. The normalized spacial score (nSPS) is 18.3. The Bertz CT molecular complexity index is 873. The molecule has 1 aromatic carbocycles. The van der Waals surface area contributed by atoms with E-state index in [0.717, 1.165) is 48.2 Å². The SMILES string of the molecule is COc1ccc(C)c2sc(N3CCCC(c4nnc(C)o4)C3)nc12. The lowest BCUT2D eigenvalue weighted by molar-refractivity contribution is 0.388. The molecule has 0 spiro atoms. The maximum absolute atomic E-state index is 5.64. The van der Waals surface area contributed by atoms with Gasteiger partial charge in [-0.15, -0.1) is 10.2 Å². The minimum Gasteiger partial charge on any atom is -0.494 e. The van der Waals surface area contributed by atoms with Crippen LogP contribution in [0.3, 0.4) is 0 Å². The van der Waals surface area contributed by atoms with Crippen LogP contribution in [0.1, 0.15) is 36.1 Å². The molecule has 1 aliphatic rings. The summed E-state index contributed by atoms with van der Waals surface area (Å²) in [5.74, 6) is 2.48. The summed E-state index contributed by atoms with van der Waals surface area (Å²) in [6.07, 6.45) is 2.17. The number of nitrogens with zero attached hydrogens (tertiary/aromatic N) is 4. The molecule has 0 saturated carbocycles. The highest BCUT2D eigenvalue weighted by Gasteiger charge is 2.27. The lowest BCUT2D eigenvalue weighted by atomic mass is 9.98. The molecule has 0 radical (unpaired) electrons. The zero-order chi connectivity index (χ0) is 16.7. The minimum atomic E-state index is 0.273. The van der Waals surface area contributed by atoms with Gasteiger partial charge in [-0.25, -0.2) is 4.98 Å². The standard InChI is InChI=1S/C17H20N4O2S/c1-10-6-7-13(22-3)14-15(10)24-17(18-14)21-8-4-5-12(9-21)16-20-19-11(2)23-16/h6-7,12H,4-5,8-9H2,1-3H3. The Morgan fingerprint density at radius 2 is 2.17 bits per heavy atom. The number of fused-ring (bicyclic) bond motifs is 1. The molecule has 6 nitrogen and oxygen atoms in total. The molecule has 3 heterocycles. The maximum Gasteiger partial charge on any atom is 0.221 e. The molecular formula is C17H20N4O2S. The largest absolute Gasteiger partial charge is 0.494 e. The van der Waals surface area contributed by atoms with Crippen LogP contribution in [0.25, 0.3) is 10.2 Å². The van der Waals surface area contributed by atoms with Crippen molar-refractivity contribution >= 4 is 26.7 Å². The number of thiazole rings is 1. The number of methoxy groups -OCH3 is 1. The second-order valence-corrected chi connectivity index (χ2v) is 7.18. The first-order valence-electron chi connectivity index (χ1n) is 8.15. The molecule has 0 bridgehead atoms. The van der Waals surface area contributed by atoms with Gasteiger partial charge in [0, 0.05) is 20.0 Å². The van der Waals surface area contributed by atoms with Crippen LogP contribution in [0.5, 0.6) is 5.75 Å². The number of anilines is 1. The van der Waals surface area contributed by atoms with E-state index < -0.39 is 0 Å². The number of hydrogen-bond donors (Lipinski definition) is 0. The fourth-order valence-electron chi connectivity index (χ4n) is 3.23. The fourth-order valence-corrected chi connectivity index (χ4v) is 4.31. The van der Waals surface area contributed by atoms with Gasteiger partial charge in [-0.2, -0.15) is 0 Å². The second kappa shape index (κ2) is 6.05. The zero-order valence-electron chi connectivity index (χ0n) is 14.1. The van der Waals surface area contributed by atoms with Gasteiger partial charge in [-0.05, 0) is 31.4 Å². The number of piperidine rings is 1. The fraction of sp³-hybridized carbons (Fsp3) is 0.471. The molecule has 1 unspecified atom stereocenters. The number of hydrogen-bond acceptors (Lipinski definition) is 7. The highest BCUT2D eigenvalue weighted by molar-refractivity contribution is 7.22. The minimum absolute atomic E-state index is 0.273. The van der Waals surface area contributed by atoms with Gasteiger partial charge in [-0.3, -0.25) is 0 Å². The van der Waals surface area contributed by atoms with Crippen LogP contribution in [0.2, 0.25) is 0 Å². The van der Waals surface area contributed by atoms with Crippen LogP contribution >= 0.6 is 11.3 Å². The Morgan fingerprint density at radius 1 is 1.29 bits per heavy atom. The highest BCUT2D eigenvalue weighted by atomic mass is 32.1. The molecule has 7 heteroatoms. The van der Waals surface area contributed by atoms with Crippen molar-refractivity contribution in [1.29, 1.82) is 0 Å². The first-order chi connectivity index (χ1) is 11.7. The van der Waals surface area contributed by atoms with Crippen molar-refractivity contribution < 1.29 is 9.15 Å². The van der Waals surface area contributed by atoms with Gasteiger partial charge in [-0.1, -0.05) is 17.4 Å². The lowest BCUT2D eigenvalue weighted by Crippen LogP contribution is -2.34. The van der Waals surface area contributed by atoms with Gasteiger partial charge in [0.15, 0.2) is 5.13 Å². The third kappa shape index (κ3) is 2.62. The predicted octanol–water partition coefficient (Wildman–Crippen LogP) is 3.69. The van der Waals surface area contributed by atoms with Crippen molar-refractivity contribution in [3.05, 3.63) is 29.5 Å². The van der Waals surface area contributed by atoms with E-state index in [1.54, 1.807) is 18.4 Å². The average molecular weight is 344 g/mol. The van der Waals surface area contributed by atoms with E-state index in [-0.39, 0.29) is 5.92 Å². The van der Waals surface area contributed by atoms with E-state index in [9.17, 15) is 0 Å². The highest BCUT2D eigenvalue weighted by Crippen LogP contribution is 2.38. The van der Waals surface area contributed by atoms with Gasteiger partial charge >= 0.3 is 0 Å². The molecule has 126 valence electrons. The topological polar surface area (TPSA) is 64.3 Å². The van der Waals surface area contributed by atoms with Crippen LogP contribution in [0, 0.1) is 13.8 Å². The van der Waals surface area contributed by atoms with E-state index in [0.29, 0.717) is 5.89 Å². The van der Waals surface area contributed by atoms with E-state index in [1.165, 1.54) is 10.3 Å². The maximum atomic E-state index is 5.64.